The Bertz CT molecular complexity index is 255. The second-order valence-corrected chi connectivity index (χ2v) is 3.92. The summed E-state index contributed by atoms with van der Waals surface area (Å²) in [6.45, 7) is 5.95. The fourth-order valence-corrected chi connectivity index (χ4v) is 1.62. The normalized spacial score (nSPS) is 19.7. The molecular weight excluding hydrogens is 196 g/mol. The molecule has 86 valence electrons. The van der Waals surface area contributed by atoms with Crippen LogP contribution in [0.1, 0.15) is 13.8 Å². The second kappa shape index (κ2) is 5.11. The molecule has 2 amide bonds. The van der Waals surface area contributed by atoms with Gasteiger partial charge in [0.25, 0.3) is 0 Å². The Balaban J connectivity index is 2.57. The Morgan fingerprint density at radius 1 is 1.27 bits per heavy atom. The van der Waals surface area contributed by atoms with E-state index in [-0.39, 0.29) is 12.5 Å². The topological polar surface area (TPSA) is 60.9 Å². The Morgan fingerprint density at radius 2 is 1.80 bits per heavy atom. The predicted molar refractivity (Wildman–Crippen MR) is 55.1 cm³/mol. The number of amides is 2. The number of aliphatic hydroxyl groups excluding tert-OH is 1. The number of hydrogen-bond donors (Lipinski definition) is 1. The Hall–Kier alpha value is -1.10. The Kier molecular flexibility index (Phi) is 4.08. The van der Waals surface area contributed by atoms with E-state index in [1.165, 1.54) is 4.90 Å². The highest BCUT2D eigenvalue weighted by atomic mass is 16.3. The maximum absolute atomic E-state index is 11.6. The molecule has 1 aliphatic heterocycles. The van der Waals surface area contributed by atoms with Crippen LogP contribution >= 0.6 is 0 Å². The van der Waals surface area contributed by atoms with Gasteiger partial charge < -0.3 is 14.9 Å². The quantitative estimate of drug-likeness (QED) is 0.630. The number of likely N-dealkylation sites (N-methyl/N-ethyl adjacent to an activating group) is 1. The summed E-state index contributed by atoms with van der Waals surface area (Å²) in [6.07, 6.45) is 0. The molecule has 1 aliphatic rings. The zero-order chi connectivity index (χ0) is 11.4. The van der Waals surface area contributed by atoms with E-state index in [2.05, 4.69) is 0 Å². The Labute approximate surface area is 89.7 Å². The summed E-state index contributed by atoms with van der Waals surface area (Å²) in [5.41, 5.74) is 0. The first-order valence-electron chi connectivity index (χ1n) is 5.29. The summed E-state index contributed by atoms with van der Waals surface area (Å²) in [5, 5.41) is 8.88. The van der Waals surface area contributed by atoms with Crippen LogP contribution < -0.4 is 0 Å². The van der Waals surface area contributed by atoms with Crippen LogP contribution in [0, 0.1) is 5.92 Å². The summed E-state index contributed by atoms with van der Waals surface area (Å²) in [4.78, 5) is 26.2. The van der Waals surface area contributed by atoms with E-state index in [1.54, 1.807) is 4.90 Å². The van der Waals surface area contributed by atoms with Crippen molar-refractivity contribution in [1.82, 2.24) is 9.80 Å². The van der Waals surface area contributed by atoms with Crippen LogP contribution in [-0.2, 0) is 9.59 Å². The van der Waals surface area contributed by atoms with Crippen molar-refractivity contribution in [2.75, 3.05) is 32.8 Å². The number of nitrogens with zero attached hydrogens (tertiary/aromatic N) is 2. The zero-order valence-corrected chi connectivity index (χ0v) is 9.27. The van der Waals surface area contributed by atoms with Gasteiger partial charge >= 0.3 is 11.8 Å². The summed E-state index contributed by atoms with van der Waals surface area (Å²) in [6, 6.07) is 0. The molecule has 0 radical (unpaired) electrons. The number of aliphatic hydroxyl groups is 1. The third-order valence-electron chi connectivity index (χ3n) is 2.62. The lowest BCUT2D eigenvalue weighted by molar-refractivity contribution is -0.156. The van der Waals surface area contributed by atoms with Crippen LogP contribution in [0.2, 0.25) is 0 Å². The van der Waals surface area contributed by atoms with Gasteiger partial charge in [-0.3, -0.25) is 9.59 Å². The number of carbonyl (C=O) groups excluding carboxylic acids is 2. The molecule has 5 nitrogen and oxygen atoms in total. The van der Waals surface area contributed by atoms with Gasteiger partial charge in [0.1, 0.15) is 0 Å². The van der Waals surface area contributed by atoms with Gasteiger partial charge in [0.2, 0.25) is 0 Å². The SMILES string of the molecule is CCN1CCN(CC(C)CO)C(=O)C1=O. The van der Waals surface area contributed by atoms with Crippen LogP contribution in [0.4, 0.5) is 0 Å². The van der Waals surface area contributed by atoms with Crippen LogP contribution in [-0.4, -0.2) is 59.5 Å². The molecule has 5 heteroatoms. The maximum Gasteiger partial charge on any atom is 0.312 e. The van der Waals surface area contributed by atoms with Crippen molar-refractivity contribution in [3.63, 3.8) is 0 Å². The summed E-state index contributed by atoms with van der Waals surface area (Å²) in [5.74, 6) is -0.841. The largest absolute Gasteiger partial charge is 0.396 e. The van der Waals surface area contributed by atoms with Crippen molar-refractivity contribution in [2.45, 2.75) is 13.8 Å². The van der Waals surface area contributed by atoms with Crippen LogP contribution in [0.25, 0.3) is 0 Å². The molecular formula is C10H18N2O3. The van der Waals surface area contributed by atoms with E-state index in [4.69, 9.17) is 5.11 Å². The predicted octanol–water partition coefficient (Wildman–Crippen LogP) is -0.694. The number of piperazine rings is 1. The molecule has 1 N–H and O–H groups in total. The first kappa shape index (κ1) is 12.0. The highest BCUT2D eigenvalue weighted by Gasteiger charge is 2.31. The first-order chi connectivity index (χ1) is 7.10. The van der Waals surface area contributed by atoms with E-state index >= 15 is 0 Å². The molecule has 1 unspecified atom stereocenters. The van der Waals surface area contributed by atoms with Crippen LogP contribution in [0.15, 0.2) is 0 Å². The number of carbonyl (C=O) groups is 2. The minimum absolute atomic E-state index is 0.0231. The molecule has 0 saturated carbocycles. The van der Waals surface area contributed by atoms with Crippen molar-refractivity contribution in [3.05, 3.63) is 0 Å². The standard InChI is InChI=1S/C10H18N2O3/c1-3-11-4-5-12(6-8(2)7-13)10(15)9(11)14/h8,13H,3-7H2,1-2H3. The minimum atomic E-state index is -0.441. The van der Waals surface area contributed by atoms with E-state index in [9.17, 15) is 9.59 Å². The monoisotopic (exact) mass is 214 g/mol. The lowest BCUT2D eigenvalue weighted by atomic mass is 10.1. The summed E-state index contributed by atoms with van der Waals surface area (Å²) >= 11 is 0. The Morgan fingerprint density at radius 3 is 2.33 bits per heavy atom. The maximum atomic E-state index is 11.6. The van der Waals surface area contributed by atoms with E-state index < -0.39 is 11.8 Å². The fraction of sp³-hybridized carbons (Fsp3) is 0.800. The van der Waals surface area contributed by atoms with Gasteiger partial charge in [0.15, 0.2) is 0 Å². The van der Waals surface area contributed by atoms with Gasteiger partial charge in [-0.2, -0.15) is 0 Å². The summed E-state index contributed by atoms with van der Waals surface area (Å²) in [7, 11) is 0. The lowest BCUT2D eigenvalue weighted by Crippen LogP contribution is -2.55. The van der Waals surface area contributed by atoms with Crippen molar-refractivity contribution < 1.29 is 14.7 Å². The van der Waals surface area contributed by atoms with Crippen LogP contribution in [0.5, 0.6) is 0 Å². The third-order valence-corrected chi connectivity index (χ3v) is 2.62. The summed E-state index contributed by atoms with van der Waals surface area (Å²) < 4.78 is 0. The molecule has 1 rings (SSSR count). The molecule has 15 heavy (non-hydrogen) atoms. The minimum Gasteiger partial charge on any atom is -0.396 e. The fourth-order valence-electron chi connectivity index (χ4n) is 1.62. The van der Waals surface area contributed by atoms with Gasteiger partial charge in [0.05, 0.1) is 0 Å². The van der Waals surface area contributed by atoms with Gasteiger partial charge in [-0.05, 0) is 12.8 Å². The van der Waals surface area contributed by atoms with Crippen molar-refractivity contribution >= 4 is 11.8 Å². The number of rotatable bonds is 4. The average Bonchev–Trinajstić information content (AvgIpc) is 2.25. The molecule has 1 heterocycles. The van der Waals surface area contributed by atoms with Crippen molar-refractivity contribution in [2.24, 2.45) is 5.92 Å². The molecule has 0 aromatic rings. The van der Waals surface area contributed by atoms with Gasteiger partial charge in [-0.15, -0.1) is 0 Å². The molecule has 1 saturated heterocycles. The van der Waals surface area contributed by atoms with Gasteiger partial charge in [-0.1, -0.05) is 6.92 Å². The third kappa shape index (κ3) is 2.68. The molecule has 1 atom stereocenters. The van der Waals surface area contributed by atoms with Gasteiger partial charge in [-0.25, -0.2) is 0 Å². The smallest absolute Gasteiger partial charge is 0.312 e. The molecule has 0 aromatic carbocycles. The average molecular weight is 214 g/mol. The second-order valence-electron chi connectivity index (χ2n) is 3.92. The highest BCUT2D eigenvalue weighted by molar-refractivity contribution is 6.35. The van der Waals surface area contributed by atoms with E-state index in [0.717, 1.165) is 0 Å². The molecule has 0 aliphatic carbocycles. The first-order valence-corrected chi connectivity index (χ1v) is 5.29. The molecule has 0 spiro atoms. The van der Waals surface area contributed by atoms with E-state index in [0.29, 0.717) is 26.2 Å². The highest BCUT2D eigenvalue weighted by Crippen LogP contribution is 2.07. The van der Waals surface area contributed by atoms with Crippen LogP contribution in [0.3, 0.4) is 0 Å². The van der Waals surface area contributed by atoms with Crippen molar-refractivity contribution in [3.8, 4) is 0 Å². The zero-order valence-electron chi connectivity index (χ0n) is 9.27. The molecule has 0 bridgehead atoms. The lowest BCUT2D eigenvalue weighted by Gasteiger charge is -2.34. The molecule has 0 aromatic heterocycles. The number of hydrogen-bond acceptors (Lipinski definition) is 3. The van der Waals surface area contributed by atoms with E-state index in [1.807, 2.05) is 13.8 Å². The van der Waals surface area contributed by atoms with Gasteiger partial charge in [0, 0.05) is 32.8 Å². The van der Waals surface area contributed by atoms with Crippen molar-refractivity contribution in [1.29, 1.82) is 0 Å². The molecule has 1 fully saturated rings.